The molecule has 0 aliphatic carbocycles. The van der Waals surface area contributed by atoms with E-state index >= 15 is 0 Å². The van der Waals surface area contributed by atoms with E-state index in [1.165, 1.54) is 5.39 Å². The summed E-state index contributed by atoms with van der Waals surface area (Å²) in [6.45, 7) is 2.95. The van der Waals surface area contributed by atoms with Gasteiger partial charge in [-0.05, 0) is 24.4 Å². The maximum Gasteiger partial charge on any atom is 0.242 e. The number of likely N-dealkylation sites (N-methyl/N-ethyl adjacent to an activating group) is 1. The summed E-state index contributed by atoms with van der Waals surface area (Å²) >= 11 is 0. The molecule has 0 radical (unpaired) electrons. The monoisotopic (exact) mass is 282 g/mol. The number of benzene rings is 1. The first-order chi connectivity index (χ1) is 10.1. The molecule has 0 unspecified atom stereocenters. The SMILES string of the molecule is Cc1cc2ccccc2n1CC(=O)N(C)Cc1cn[nH]c1. The average Bonchev–Trinajstić information content (AvgIpc) is 3.07. The molecule has 0 saturated heterocycles. The summed E-state index contributed by atoms with van der Waals surface area (Å²) in [4.78, 5) is 14.1. The molecule has 0 fully saturated rings. The van der Waals surface area contributed by atoms with E-state index in [9.17, 15) is 4.79 Å². The molecule has 0 saturated carbocycles. The van der Waals surface area contributed by atoms with Gasteiger partial charge in [0.25, 0.3) is 0 Å². The second-order valence-electron chi connectivity index (χ2n) is 5.29. The van der Waals surface area contributed by atoms with E-state index in [2.05, 4.69) is 26.9 Å². The number of carbonyl (C=O) groups excluding carboxylic acids is 1. The highest BCUT2D eigenvalue weighted by Gasteiger charge is 2.13. The van der Waals surface area contributed by atoms with Crippen molar-refractivity contribution in [1.29, 1.82) is 0 Å². The number of amides is 1. The molecular weight excluding hydrogens is 264 g/mol. The van der Waals surface area contributed by atoms with Gasteiger partial charge < -0.3 is 9.47 Å². The smallest absolute Gasteiger partial charge is 0.242 e. The molecule has 3 rings (SSSR count). The molecule has 1 N–H and O–H groups in total. The summed E-state index contributed by atoms with van der Waals surface area (Å²) < 4.78 is 2.06. The van der Waals surface area contributed by atoms with Crippen molar-refractivity contribution in [3.8, 4) is 0 Å². The molecule has 0 aliphatic heterocycles. The van der Waals surface area contributed by atoms with Crippen LogP contribution in [0, 0.1) is 6.92 Å². The quantitative estimate of drug-likeness (QED) is 0.798. The van der Waals surface area contributed by atoms with Crippen LogP contribution in [-0.4, -0.2) is 32.6 Å². The van der Waals surface area contributed by atoms with Gasteiger partial charge >= 0.3 is 0 Å². The van der Waals surface area contributed by atoms with Gasteiger partial charge in [0.2, 0.25) is 5.91 Å². The number of aromatic amines is 1. The molecule has 0 bridgehead atoms. The number of hydrogen-bond acceptors (Lipinski definition) is 2. The van der Waals surface area contributed by atoms with Gasteiger partial charge in [-0.1, -0.05) is 18.2 Å². The van der Waals surface area contributed by atoms with Crippen molar-refractivity contribution in [2.24, 2.45) is 0 Å². The Kier molecular flexibility index (Phi) is 3.48. The molecule has 1 aromatic carbocycles. The Bertz CT molecular complexity index is 758. The molecule has 1 amide bonds. The third-order valence-electron chi connectivity index (χ3n) is 3.71. The summed E-state index contributed by atoms with van der Waals surface area (Å²) in [6, 6.07) is 10.2. The molecule has 21 heavy (non-hydrogen) atoms. The number of nitrogens with one attached hydrogen (secondary N) is 1. The molecule has 0 aliphatic rings. The van der Waals surface area contributed by atoms with E-state index in [0.717, 1.165) is 16.8 Å². The van der Waals surface area contributed by atoms with Crippen molar-refractivity contribution in [2.45, 2.75) is 20.0 Å². The fourth-order valence-electron chi connectivity index (χ4n) is 2.54. The van der Waals surface area contributed by atoms with Gasteiger partial charge in [0.15, 0.2) is 0 Å². The molecule has 5 heteroatoms. The Balaban J connectivity index is 1.78. The van der Waals surface area contributed by atoms with Crippen LogP contribution >= 0.6 is 0 Å². The third-order valence-corrected chi connectivity index (χ3v) is 3.71. The standard InChI is InChI=1S/C16H18N4O/c1-12-7-14-5-3-4-6-15(14)20(12)11-16(21)19(2)10-13-8-17-18-9-13/h3-9H,10-11H2,1-2H3,(H,17,18). The second kappa shape index (κ2) is 5.44. The number of rotatable bonds is 4. The van der Waals surface area contributed by atoms with E-state index in [-0.39, 0.29) is 5.91 Å². The van der Waals surface area contributed by atoms with Crippen LogP contribution in [0.1, 0.15) is 11.3 Å². The molecule has 3 aromatic rings. The lowest BCUT2D eigenvalue weighted by atomic mass is 10.2. The van der Waals surface area contributed by atoms with E-state index in [1.807, 2.05) is 32.2 Å². The zero-order valence-corrected chi connectivity index (χ0v) is 12.2. The van der Waals surface area contributed by atoms with Crippen LogP contribution in [0.3, 0.4) is 0 Å². The fourth-order valence-corrected chi connectivity index (χ4v) is 2.54. The topological polar surface area (TPSA) is 53.9 Å². The Labute approximate surface area is 123 Å². The van der Waals surface area contributed by atoms with Gasteiger partial charge in [-0.2, -0.15) is 5.10 Å². The van der Waals surface area contributed by atoms with Crippen molar-refractivity contribution in [1.82, 2.24) is 19.7 Å². The number of aromatic nitrogens is 3. The third kappa shape index (κ3) is 2.67. The number of nitrogens with zero attached hydrogens (tertiary/aromatic N) is 3. The molecule has 108 valence electrons. The van der Waals surface area contributed by atoms with Crippen molar-refractivity contribution in [2.75, 3.05) is 7.05 Å². The summed E-state index contributed by atoms with van der Waals surface area (Å²) in [6.07, 6.45) is 3.54. The lowest BCUT2D eigenvalue weighted by Crippen LogP contribution is -2.29. The Hall–Kier alpha value is -2.56. The normalized spacial score (nSPS) is 11.0. The van der Waals surface area contributed by atoms with Crippen LogP contribution < -0.4 is 0 Å². The van der Waals surface area contributed by atoms with Crippen molar-refractivity contribution in [3.05, 3.63) is 54.0 Å². The lowest BCUT2D eigenvalue weighted by Gasteiger charge is -2.17. The van der Waals surface area contributed by atoms with Crippen LogP contribution in [0.25, 0.3) is 10.9 Å². The minimum absolute atomic E-state index is 0.0839. The predicted octanol–water partition coefficient (Wildman–Crippen LogP) is 2.33. The molecule has 0 atom stereocenters. The van der Waals surface area contributed by atoms with Crippen LogP contribution in [0.15, 0.2) is 42.7 Å². The van der Waals surface area contributed by atoms with Crippen molar-refractivity contribution in [3.63, 3.8) is 0 Å². The highest BCUT2D eigenvalue weighted by atomic mass is 16.2. The van der Waals surface area contributed by atoms with Gasteiger partial charge in [0, 0.05) is 36.6 Å². The zero-order valence-electron chi connectivity index (χ0n) is 12.2. The first-order valence-corrected chi connectivity index (χ1v) is 6.91. The number of carbonyl (C=O) groups is 1. The number of fused-ring (bicyclic) bond motifs is 1. The lowest BCUT2D eigenvalue weighted by molar-refractivity contribution is -0.131. The van der Waals surface area contributed by atoms with Crippen molar-refractivity contribution >= 4 is 16.8 Å². The summed E-state index contributed by atoms with van der Waals surface area (Å²) in [5.74, 6) is 0.0839. The van der Waals surface area contributed by atoms with Gasteiger partial charge in [0.1, 0.15) is 6.54 Å². The first kappa shape index (κ1) is 13.4. The maximum atomic E-state index is 12.4. The van der Waals surface area contributed by atoms with E-state index < -0.39 is 0 Å². The van der Waals surface area contributed by atoms with Gasteiger partial charge in [-0.15, -0.1) is 0 Å². The van der Waals surface area contributed by atoms with Crippen LogP contribution in [-0.2, 0) is 17.9 Å². The number of para-hydroxylation sites is 1. The number of H-pyrrole nitrogens is 1. The maximum absolute atomic E-state index is 12.4. The second-order valence-corrected chi connectivity index (χ2v) is 5.29. The molecular formula is C16H18N4O. The van der Waals surface area contributed by atoms with Gasteiger partial charge in [0.05, 0.1) is 6.20 Å². The molecule has 2 heterocycles. The largest absolute Gasteiger partial charge is 0.340 e. The Morgan fingerprint density at radius 3 is 2.95 bits per heavy atom. The summed E-state index contributed by atoms with van der Waals surface area (Å²) in [5, 5.41) is 7.82. The highest BCUT2D eigenvalue weighted by molar-refractivity contribution is 5.84. The minimum Gasteiger partial charge on any atom is -0.340 e. The van der Waals surface area contributed by atoms with E-state index in [4.69, 9.17) is 0 Å². The minimum atomic E-state index is 0.0839. The van der Waals surface area contributed by atoms with Crippen LogP contribution in [0.2, 0.25) is 0 Å². The fraction of sp³-hybridized carbons (Fsp3) is 0.250. The number of hydrogen-bond donors (Lipinski definition) is 1. The van der Waals surface area contributed by atoms with E-state index in [1.54, 1.807) is 17.3 Å². The van der Waals surface area contributed by atoms with Crippen molar-refractivity contribution < 1.29 is 4.79 Å². The summed E-state index contributed by atoms with van der Waals surface area (Å²) in [7, 11) is 1.82. The first-order valence-electron chi connectivity index (χ1n) is 6.91. The zero-order chi connectivity index (χ0) is 14.8. The average molecular weight is 282 g/mol. The molecule has 0 spiro atoms. The highest BCUT2D eigenvalue weighted by Crippen LogP contribution is 2.19. The van der Waals surface area contributed by atoms with Gasteiger partial charge in [-0.25, -0.2) is 0 Å². The van der Waals surface area contributed by atoms with Crippen LogP contribution in [0.5, 0.6) is 0 Å². The van der Waals surface area contributed by atoms with E-state index in [0.29, 0.717) is 13.1 Å². The van der Waals surface area contributed by atoms with Gasteiger partial charge in [-0.3, -0.25) is 9.89 Å². The predicted molar refractivity (Wildman–Crippen MR) is 81.7 cm³/mol. The van der Waals surface area contributed by atoms with Crippen LogP contribution in [0.4, 0.5) is 0 Å². The Morgan fingerprint density at radius 1 is 1.38 bits per heavy atom. The summed E-state index contributed by atoms with van der Waals surface area (Å²) in [5.41, 5.74) is 3.20. The Morgan fingerprint density at radius 2 is 2.19 bits per heavy atom. The molecule has 2 aromatic heterocycles. The number of aryl methyl sites for hydroxylation is 1. The molecule has 5 nitrogen and oxygen atoms in total.